The van der Waals surface area contributed by atoms with E-state index in [1.165, 1.54) is 16.8 Å². The van der Waals surface area contributed by atoms with E-state index >= 15 is 0 Å². The first kappa shape index (κ1) is 13.7. The van der Waals surface area contributed by atoms with Crippen molar-refractivity contribution in [3.05, 3.63) is 29.8 Å². The van der Waals surface area contributed by atoms with Crippen LogP contribution in [0, 0.1) is 0 Å². The summed E-state index contributed by atoms with van der Waals surface area (Å²) in [6, 6.07) is 5.86. The average molecular weight is 294 g/mol. The third-order valence-corrected chi connectivity index (χ3v) is 2.66. The maximum Gasteiger partial charge on any atom is 0.341 e. The summed E-state index contributed by atoms with van der Waals surface area (Å²) in [5, 5.41) is 21.2. The lowest BCUT2D eigenvalue weighted by Gasteiger charge is -2.07. The summed E-state index contributed by atoms with van der Waals surface area (Å²) in [5.74, 6) is -0.647. The van der Waals surface area contributed by atoms with Crippen LogP contribution in [0.4, 0.5) is 15.6 Å². The third-order valence-electron chi connectivity index (χ3n) is 2.05. The number of rotatable bonds is 5. The summed E-state index contributed by atoms with van der Waals surface area (Å²) in [6.07, 6.45) is 0. The number of urea groups is 1. The molecule has 0 aliphatic rings. The van der Waals surface area contributed by atoms with Gasteiger partial charge in [0.1, 0.15) is 11.3 Å². The summed E-state index contributed by atoms with van der Waals surface area (Å²) in [4.78, 5) is 21.9. The highest BCUT2D eigenvalue weighted by Gasteiger charge is 2.05. The van der Waals surface area contributed by atoms with E-state index in [0.29, 0.717) is 16.6 Å². The van der Waals surface area contributed by atoms with E-state index in [1.54, 1.807) is 24.3 Å². The van der Waals surface area contributed by atoms with E-state index in [-0.39, 0.29) is 0 Å². The van der Waals surface area contributed by atoms with Gasteiger partial charge >= 0.3 is 12.0 Å². The molecular weight excluding hydrogens is 284 g/mol. The zero-order valence-corrected chi connectivity index (χ0v) is 10.9. The molecule has 104 valence electrons. The first-order valence-electron chi connectivity index (χ1n) is 5.42. The highest BCUT2D eigenvalue weighted by Crippen LogP contribution is 2.16. The van der Waals surface area contributed by atoms with Crippen molar-refractivity contribution in [3.8, 4) is 5.75 Å². The first-order valence-corrected chi connectivity index (χ1v) is 6.30. The van der Waals surface area contributed by atoms with E-state index in [9.17, 15) is 9.59 Å². The van der Waals surface area contributed by atoms with Crippen molar-refractivity contribution in [1.29, 1.82) is 0 Å². The standard InChI is InChI=1S/C11H10N4O4S/c16-9(17)5-19-8-3-1-7(2-4-8)13-10(18)14-11-15-12-6-20-11/h1-4,6H,5H2,(H,16,17)(H2,13,14,15,18). The van der Waals surface area contributed by atoms with E-state index < -0.39 is 18.6 Å². The van der Waals surface area contributed by atoms with Crippen LogP contribution in [-0.4, -0.2) is 33.9 Å². The third kappa shape index (κ3) is 4.21. The Morgan fingerprint density at radius 1 is 1.25 bits per heavy atom. The molecule has 3 N–H and O–H groups in total. The normalized spacial score (nSPS) is 9.80. The molecule has 0 unspecified atom stereocenters. The van der Waals surface area contributed by atoms with Gasteiger partial charge in [-0.1, -0.05) is 11.3 Å². The molecule has 2 rings (SSSR count). The predicted molar refractivity (Wildman–Crippen MR) is 72.1 cm³/mol. The number of carbonyl (C=O) groups is 2. The van der Waals surface area contributed by atoms with Gasteiger partial charge in [-0.2, -0.15) is 0 Å². The number of ether oxygens (including phenoxy) is 1. The second-order valence-electron chi connectivity index (χ2n) is 3.53. The number of anilines is 2. The van der Waals surface area contributed by atoms with Crippen molar-refractivity contribution in [3.63, 3.8) is 0 Å². The Hall–Kier alpha value is -2.68. The minimum atomic E-state index is -1.05. The van der Waals surface area contributed by atoms with Crippen LogP contribution in [0.1, 0.15) is 0 Å². The Bertz CT molecular complexity index is 585. The summed E-state index contributed by atoms with van der Waals surface area (Å²) in [7, 11) is 0. The second-order valence-corrected chi connectivity index (χ2v) is 4.36. The first-order chi connectivity index (χ1) is 9.63. The monoisotopic (exact) mass is 294 g/mol. The smallest absolute Gasteiger partial charge is 0.341 e. The molecule has 1 aromatic carbocycles. The van der Waals surface area contributed by atoms with Crippen LogP contribution < -0.4 is 15.4 Å². The van der Waals surface area contributed by atoms with Crippen molar-refractivity contribution in [1.82, 2.24) is 10.2 Å². The van der Waals surface area contributed by atoms with Gasteiger partial charge in [0.25, 0.3) is 0 Å². The molecule has 1 heterocycles. The van der Waals surface area contributed by atoms with E-state index in [4.69, 9.17) is 9.84 Å². The molecule has 1 aromatic heterocycles. The number of carbonyl (C=O) groups excluding carboxylic acids is 1. The quantitative estimate of drug-likeness (QED) is 0.772. The van der Waals surface area contributed by atoms with E-state index in [1.807, 2.05) is 0 Å². The molecule has 0 bridgehead atoms. The van der Waals surface area contributed by atoms with Gasteiger partial charge in [-0.3, -0.25) is 5.32 Å². The number of amides is 2. The Balaban J connectivity index is 1.86. The molecule has 9 heteroatoms. The average Bonchev–Trinajstić information content (AvgIpc) is 2.90. The van der Waals surface area contributed by atoms with Crippen LogP contribution in [0.15, 0.2) is 29.8 Å². The molecular formula is C11H10N4O4S. The number of hydrogen-bond acceptors (Lipinski definition) is 6. The van der Waals surface area contributed by atoms with Gasteiger partial charge in [0, 0.05) is 5.69 Å². The van der Waals surface area contributed by atoms with Crippen molar-refractivity contribution >= 4 is 34.2 Å². The van der Waals surface area contributed by atoms with Gasteiger partial charge in [-0.25, -0.2) is 9.59 Å². The highest BCUT2D eigenvalue weighted by atomic mass is 32.1. The summed E-state index contributed by atoms with van der Waals surface area (Å²) < 4.78 is 4.97. The fourth-order valence-corrected chi connectivity index (χ4v) is 1.71. The molecule has 2 amide bonds. The number of aromatic nitrogens is 2. The molecule has 0 saturated carbocycles. The molecule has 8 nitrogen and oxygen atoms in total. The maximum atomic E-state index is 11.6. The molecule has 0 spiro atoms. The zero-order chi connectivity index (χ0) is 14.4. The number of nitrogens with zero attached hydrogens (tertiary/aromatic N) is 2. The molecule has 0 atom stereocenters. The Kier molecular flexibility index (Phi) is 4.45. The molecule has 0 radical (unpaired) electrons. The van der Waals surface area contributed by atoms with E-state index in [0.717, 1.165) is 0 Å². The second kappa shape index (κ2) is 6.48. The van der Waals surface area contributed by atoms with Gasteiger partial charge in [-0.05, 0) is 24.3 Å². The fraction of sp³-hybridized carbons (Fsp3) is 0.0909. The SMILES string of the molecule is O=C(O)COc1ccc(NC(=O)Nc2nncs2)cc1. The lowest BCUT2D eigenvalue weighted by Crippen LogP contribution is -2.19. The predicted octanol–water partition coefficient (Wildman–Crippen LogP) is 1.65. The minimum Gasteiger partial charge on any atom is -0.482 e. The number of benzene rings is 1. The molecule has 0 fully saturated rings. The van der Waals surface area contributed by atoms with Crippen LogP contribution in [-0.2, 0) is 4.79 Å². The lowest BCUT2D eigenvalue weighted by atomic mass is 10.3. The zero-order valence-electron chi connectivity index (χ0n) is 10.1. The van der Waals surface area contributed by atoms with Gasteiger partial charge in [-0.15, -0.1) is 10.2 Å². The summed E-state index contributed by atoms with van der Waals surface area (Å²) in [5.41, 5.74) is 2.04. The molecule has 0 saturated heterocycles. The molecule has 0 aliphatic heterocycles. The number of hydrogen-bond donors (Lipinski definition) is 3. The van der Waals surface area contributed by atoms with Crippen molar-refractivity contribution in [2.24, 2.45) is 0 Å². The van der Waals surface area contributed by atoms with Gasteiger partial charge in [0.05, 0.1) is 0 Å². The van der Waals surface area contributed by atoms with Gasteiger partial charge in [0.2, 0.25) is 5.13 Å². The summed E-state index contributed by atoms with van der Waals surface area (Å²) >= 11 is 1.20. The fourth-order valence-electron chi connectivity index (χ4n) is 1.27. The van der Waals surface area contributed by atoms with Crippen LogP contribution in [0.25, 0.3) is 0 Å². The highest BCUT2D eigenvalue weighted by molar-refractivity contribution is 7.13. The molecule has 0 aliphatic carbocycles. The molecule has 20 heavy (non-hydrogen) atoms. The van der Waals surface area contributed by atoms with Crippen LogP contribution in [0.3, 0.4) is 0 Å². The lowest BCUT2D eigenvalue weighted by molar-refractivity contribution is -0.139. The van der Waals surface area contributed by atoms with Gasteiger partial charge < -0.3 is 15.2 Å². The largest absolute Gasteiger partial charge is 0.482 e. The van der Waals surface area contributed by atoms with Crippen LogP contribution in [0.2, 0.25) is 0 Å². The van der Waals surface area contributed by atoms with Crippen molar-refractivity contribution < 1.29 is 19.4 Å². The van der Waals surface area contributed by atoms with Crippen LogP contribution in [0.5, 0.6) is 5.75 Å². The topological polar surface area (TPSA) is 113 Å². The number of nitrogens with one attached hydrogen (secondary N) is 2. The number of aliphatic carboxylic acids is 1. The van der Waals surface area contributed by atoms with Crippen LogP contribution >= 0.6 is 11.3 Å². The maximum absolute atomic E-state index is 11.6. The van der Waals surface area contributed by atoms with E-state index in [2.05, 4.69) is 20.8 Å². The number of carboxylic acid groups (broad SMARTS) is 1. The summed E-state index contributed by atoms with van der Waals surface area (Å²) in [6.45, 7) is -0.412. The Morgan fingerprint density at radius 3 is 2.60 bits per heavy atom. The van der Waals surface area contributed by atoms with Crippen molar-refractivity contribution in [2.75, 3.05) is 17.2 Å². The molecule has 2 aromatic rings. The Labute approximate surface area is 117 Å². The van der Waals surface area contributed by atoms with Gasteiger partial charge in [0.15, 0.2) is 6.61 Å². The van der Waals surface area contributed by atoms with Crippen molar-refractivity contribution in [2.45, 2.75) is 0 Å². The number of carboxylic acids is 1. The Morgan fingerprint density at radius 2 is 2.00 bits per heavy atom. The minimum absolute atomic E-state index is 0.393.